The van der Waals surface area contributed by atoms with Crippen LogP contribution in [0, 0.1) is 0 Å². The molecular formula is C53H50ClN2O2+. The molecule has 3 aliphatic rings. The van der Waals surface area contributed by atoms with Gasteiger partial charge in [-0.2, -0.15) is 4.58 Å². The number of fused-ring (bicyclic) bond motifs is 6. The van der Waals surface area contributed by atoms with Crippen LogP contribution in [0.3, 0.4) is 0 Å². The van der Waals surface area contributed by atoms with Gasteiger partial charge in [0.05, 0.1) is 12.0 Å². The SMILES string of the molecule is CC1(C)C(/C=C/C2=C(Cl)C(=C/C=C3/N(CCOc4ccccc4)c4ccc5ccccc5c4C3(C)C)/CC2)=[N+](CCOc2ccccc2)c2ccc3ccccc3c21. The summed E-state index contributed by atoms with van der Waals surface area (Å²) in [5.41, 5.74) is 9.58. The Bertz CT molecular complexity index is 2680. The van der Waals surface area contributed by atoms with E-state index < -0.39 is 0 Å². The zero-order valence-corrected chi connectivity index (χ0v) is 34.6. The Balaban J connectivity index is 1.04. The summed E-state index contributed by atoms with van der Waals surface area (Å²) < 4.78 is 14.9. The number of nitrogens with zero attached hydrogens (tertiary/aromatic N) is 2. The highest BCUT2D eigenvalue weighted by Crippen LogP contribution is 2.51. The van der Waals surface area contributed by atoms with Gasteiger partial charge in [0, 0.05) is 39.5 Å². The molecule has 0 atom stereocenters. The van der Waals surface area contributed by atoms with Crippen LogP contribution < -0.4 is 14.4 Å². The molecule has 0 fully saturated rings. The molecule has 290 valence electrons. The lowest BCUT2D eigenvalue weighted by Crippen LogP contribution is -2.29. The third-order valence-electron chi connectivity index (χ3n) is 12.3. The number of allylic oxidation sites excluding steroid dienone is 8. The molecule has 9 rings (SSSR count). The number of para-hydroxylation sites is 2. The first-order valence-electron chi connectivity index (χ1n) is 20.5. The van der Waals surface area contributed by atoms with Crippen molar-refractivity contribution in [2.75, 3.05) is 31.2 Å². The molecule has 0 spiro atoms. The van der Waals surface area contributed by atoms with Gasteiger partial charge in [-0.3, -0.25) is 0 Å². The van der Waals surface area contributed by atoms with E-state index in [0.29, 0.717) is 13.2 Å². The molecule has 0 saturated carbocycles. The molecule has 0 unspecified atom stereocenters. The van der Waals surface area contributed by atoms with Crippen molar-refractivity contribution in [1.29, 1.82) is 0 Å². The third kappa shape index (κ3) is 6.84. The predicted molar refractivity (Wildman–Crippen MR) is 242 cm³/mol. The fraction of sp³-hybridized carbons (Fsp3) is 0.226. The number of halogens is 1. The van der Waals surface area contributed by atoms with Gasteiger partial charge >= 0.3 is 0 Å². The monoisotopic (exact) mass is 781 g/mol. The lowest BCUT2D eigenvalue weighted by atomic mass is 9.79. The summed E-state index contributed by atoms with van der Waals surface area (Å²) in [6, 6.07) is 46.7. The molecule has 2 aliphatic heterocycles. The molecule has 6 aromatic rings. The second-order valence-corrected chi connectivity index (χ2v) is 16.9. The van der Waals surface area contributed by atoms with Crippen LogP contribution in [0.15, 0.2) is 180 Å². The second-order valence-electron chi connectivity index (χ2n) is 16.5. The molecular weight excluding hydrogens is 732 g/mol. The van der Waals surface area contributed by atoms with Crippen molar-refractivity contribution in [2.45, 2.75) is 51.4 Å². The van der Waals surface area contributed by atoms with Crippen molar-refractivity contribution in [3.8, 4) is 11.5 Å². The van der Waals surface area contributed by atoms with Gasteiger partial charge in [0.25, 0.3) is 0 Å². The van der Waals surface area contributed by atoms with Gasteiger partial charge in [0.2, 0.25) is 5.69 Å². The minimum atomic E-state index is -0.227. The summed E-state index contributed by atoms with van der Waals surface area (Å²) >= 11 is 7.32. The van der Waals surface area contributed by atoms with Crippen molar-refractivity contribution in [2.24, 2.45) is 0 Å². The van der Waals surface area contributed by atoms with E-state index >= 15 is 0 Å². The highest BCUT2D eigenvalue weighted by Gasteiger charge is 2.46. The average molecular weight is 782 g/mol. The van der Waals surface area contributed by atoms with Crippen molar-refractivity contribution >= 4 is 50.2 Å². The van der Waals surface area contributed by atoms with Crippen LogP contribution in [-0.4, -0.2) is 36.6 Å². The van der Waals surface area contributed by atoms with E-state index in [1.54, 1.807) is 0 Å². The quantitative estimate of drug-likeness (QED) is 0.122. The maximum absolute atomic E-state index is 7.32. The molecule has 6 aromatic carbocycles. The molecule has 58 heavy (non-hydrogen) atoms. The second kappa shape index (κ2) is 15.5. The standard InChI is InChI=1S/C53H50ClN2O2/c1-52(2)47(55(33-35-57-41-17-7-5-8-18-41)45-29-25-37-15-11-13-21-43(37)49(45)52)31-27-39-23-24-40(51(39)54)28-32-48-53(3,4)50-44-22-14-12-16-38(44)26-30-46(50)56(48)34-36-58-42-19-9-6-10-20-42/h5-22,25-32H,23-24,33-36H2,1-4H3/q+1. The van der Waals surface area contributed by atoms with Gasteiger partial charge in [-0.1, -0.05) is 129 Å². The molecule has 2 heterocycles. The van der Waals surface area contributed by atoms with Gasteiger partial charge < -0.3 is 14.4 Å². The Morgan fingerprint density at radius 1 is 0.621 bits per heavy atom. The Morgan fingerprint density at radius 3 is 1.91 bits per heavy atom. The van der Waals surface area contributed by atoms with Crippen LogP contribution in [0.25, 0.3) is 21.5 Å². The number of anilines is 1. The maximum atomic E-state index is 7.32. The van der Waals surface area contributed by atoms with Crippen LogP contribution in [0.5, 0.6) is 11.5 Å². The molecule has 0 radical (unpaired) electrons. The van der Waals surface area contributed by atoms with Crippen LogP contribution in [0.1, 0.15) is 51.7 Å². The van der Waals surface area contributed by atoms with Crippen molar-refractivity contribution in [3.63, 3.8) is 0 Å². The van der Waals surface area contributed by atoms with E-state index in [1.165, 1.54) is 66.6 Å². The zero-order valence-electron chi connectivity index (χ0n) is 33.8. The largest absolute Gasteiger partial charge is 0.492 e. The van der Waals surface area contributed by atoms with Gasteiger partial charge in [0.15, 0.2) is 12.3 Å². The van der Waals surface area contributed by atoms with E-state index in [4.69, 9.17) is 21.1 Å². The van der Waals surface area contributed by atoms with Gasteiger partial charge in [0.1, 0.15) is 24.7 Å². The first kappa shape index (κ1) is 37.7. The fourth-order valence-corrected chi connectivity index (χ4v) is 9.78. The highest BCUT2D eigenvalue weighted by atomic mass is 35.5. The summed E-state index contributed by atoms with van der Waals surface area (Å²) in [6.07, 6.45) is 10.9. The van der Waals surface area contributed by atoms with E-state index in [-0.39, 0.29) is 10.8 Å². The predicted octanol–water partition coefficient (Wildman–Crippen LogP) is 13.0. The number of benzene rings is 6. The Kier molecular flexibility index (Phi) is 10.1. The van der Waals surface area contributed by atoms with Crippen LogP contribution in [-0.2, 0) is 10.8 Å². The fourth-order valence-electron chi connectivity index (χ4n) is 9.46. The lowest BCUT2D eigenvalue weighted by Gasteiger charge is -2.27. The minimum Gasteiger partial charge on any atom is -0.492 e. The lowest BCUT2D eigenvalue weighted by molar-refractivity contribution is -0.439. The molecule has 0 N–H and O–H groups in total. The molecule has 0 bridgehead atoms. The van der Waals surface area contributed by atoms with Gasteiger partial charge in [-0.05, 0) is 107 Å². The summed E-state index contributed by atoms with van der Waals surface area (Å²) in [5.74, 6) is 1.77. The van der Waals surface area contributed by atoms with E-state index in [9.17, 15) is 0 Å². The summed E-state index contributed by atoms with van der Waals surface area (Å²) in [5, 5.41) is 5.96. The first-order chi connectivity index (χ1) is 28.2. The summed E-state index contributed by atoms with van der Waals surface area (Å²) in [4.78, 5) is 2.45. The first-order valence-corrected chi connectivity index (χ1v) is 20.9. The van der Waals surface area contributed by atoms with Crippen LogP contribution in [0.2, 0.25) is 0 Å². The number of ether oxygens (including phenoxy) is 2. The van der Waals surface area contributed by atoms with Crippen molar-refractivity contribution < 1.29 is 14.0 Å². The topological polar surface area (TPSA) is 24.7 Å². The Hall–Kier alpha value is -5.84. The molecule has 4 nitrogen and oxygen atoms in total. The normalized spacial score (nSPS) is 18.3. The zero-order chi connectivity index (χ0) is 39.9. The molecule has 0 aromatic heterocycles. The molecule has 1 aliphatic carbocycles. The van der Waals surface area contributed by atoms with Crippen LogP contribution >= 0.6 is 11.6 Å². The summed E-state index contributed by atoms with van der Waals surface area (Å²) in [7, 11) is 0. The van der Waals surface area contributed by atoms with Gasteiger partial charge in [-0.25, -0.2) is 0 Å². The Labute approximate surface area is 347 Å². The van der Waals surface area contributed by atoms with Crippen molar-refractivity contribution in [1.82, 2.24) is 0 Å². The van der Waals surface area contributed by atoms with Crippen LogP contribution in [0.4, 0.5) is 11.4 Å². The van der Waals surface area contributed by atoms with Gasteiger partial charge in [-0.15, -0.1) is 0 Å². The number of hydrogen-bond acceptors (Lipinski definition) is 3. The number of rotatable bonds is 11. The van der Waals surface area contributed by atoms with E-state index in [1.807, 2.05) is 60.7 Å². The third-order valence-corrected chi connectivity index (χ3v) is 12.8. The molecule has 5 heteroatoms. The van der Waals surface area contributed by atoms with Crippen molar-refractivity contribution in [3.05, 3.63) is 191 Å². The average Bonchev–Trinajstić information content (AvgIpc) is 3.78. The molecule has 0 saturated heterocycles. The Morgan fingerprint density at radius 2 is 1.22 bits per heavy atom. The smallest absolute Gasteiger partial charge is 0.210 e. The number of hydrogen-bond donors (Lipinski definition) is 0. The maximum Gasteiger partial charge on any atom is 0.210 e. The minimum absolute atomic E-state index is 0.227. The highest BCUT2D eigenvalue weighted by molar-refractivity contribution is 6.33. The van der Waals surface area contributed by atoms with E-state index in [0.717, 1.165) is 42.5 Å². The summed E-state index contributed by atoms with van der Waals surface area (Å²) in [6.45, 7) is 12.0. The molecule has 0 amide bonds. The van der Waals surface area contributed by atoms with E-state index in [2.05, 4.69) is 134 Å².